The van der Waals surface area contributed by atoms with Gasteiger partial charge in [-0.15, -0.1) is 0 Å². The Morgan fingerprint density at radius 2 is 2.18 bits per heavy atom. The minimum absolute atomic E-state index is 0.432. The van der Waals surface area contributed by atoms with E-state index in [0.29, 0.717) is 12.5 Å². The fourth-order valence-electron chi connectivity index (χ4n) is 1.38. The van der Waals surface area contributed by atoms with E-state index in [1.807, 2.05) is 0 Å². The maximum Gasteiger partial charge on any atom is 0.0638 e. The van der Waals surface area contributed by atoms with E-state index >= 15 is 0 Å². The Bertz CT molecular complexity index is 144. The molecular formula is C8H15N3. The van der Waals surface area contributed by atoms with Crippen LogP contribution in [-0.2, 0) is 0 Å². The van der Waals surface area contributed by atoms with Crippen LogP contribution in [0.5, 0.6) is 0 Å². The molecule has 0 unspecified atom stereocenters. The number of piperazine rings is 1. The zero-order chi connectivity index (χ0) is 8.10. The molecule has 0 aliphatic carbocycles. The average Bonchev–Trinajstić information content (AvgIpc) is 2.07. The van der Waals surface area contributed by atoms with Crippen LogP contribution >= 0.6 is 0 Å². The molecule has 0 aromatic heterocycles. The Kier molecular flexibility index (Phi) is 3.34. The maximum atomic E-state index is 8.48. The third kappa shape index (κ3) is 2.49. The van der Waals surface area contributed by atoms with Crippen molar-refractivity contribution in [3.8, 4) is 6.07 Å². The molecule has 0 aromatic rings. The van der Waals surface area contributed by atoms with E-state index < -0.39 is 0 Å². The number of nitriles is 1. The Balaban J connectivity index is 2.27. The van der Waals surface area contributed by atoms with E-state index in [9.17, 15) is 0 Å². The first-order valence-corrected chi connectivity index (χ1v) is 4.16. The standard InChI is InChI=1S/C8H15N3/c1-8(2-3-9)11-6-4-10-5-7-11/h8,10H,2,4-7H2,1H3/t8-/m1/s1. The Hall–Kier alpha value is -0.590. The maximum absolute atomic E-state index is 8.48. The van der Waals surface area contributed by atoms with Gasteiger partial charge in [-0.25, -0.2) is 0 Å². The molecule has 0 bridgehead atoms. The molecule has 3 heteroatoms. The number of hydrogen-bond acceptors (Lipinski definition) is 3. The predicted molar refractivity (Wildman–Crippen MR) is 44.1 cm³/mol. The third-order valence-corrected chi connectivity index (χ3v) is 2.16. The first kappa shape index (κ1) is 8.51. The molecule has 0 saturated carbocycles. The van der Waals surface area contributed by atoms with Gasteiger partial charge in [0.1, 0.15) is 0 Å². The van der Waals surface area contributed by atoms with Crippen molar-refractivity contribution in [2.24, 2.45) is 0 Å². The van der Waals surface area contributed by atoms with E-state index in [1.54, 1.807) is 0 Å². The van der Waals surface area contributed by atoms with Gasteiger partial charge in [-0.3, -0.25) is 4.90 Å². The lowest BCUT2D eigenvalue weighted by molar-refractivity contribution is 0.186. The normalized spacial score (nSPS) is 22.5. The van der Waals surface area contributed by atoms with Gasteiger partial charge in [0.25, 0.3) is 0 Å². The van der Waals surface area contributed by atoms with Gasteiger partial charge in [0.05, 0.1) is 12.5 Å². The van der Waals surface area contributed by atoms with E-state index in [2.05, 4.69) is 23.2 Å². The zero-order valence-electron chi connectivity index (χ0n) is 7.01. The van der Waals surface area contributed by atoms with Crippen molar-refractivity contribution in [3.63, 3.8) is 0 Å². The van der Waals surface area contributed by atoms with Crippen LogP contribution in [0.1, 0.15) is 13.3 Å². The van der Waals surface area contributed by atoms with Gasteiger partial charge in [-0.2, -0.15) is 5.26 Å². The summed E-state index contributed by atoms with van der Waals surface area (Å²) in [6.07, 6.45) is 0.653. The first-order chi connectivity index (χ1) is 5.34. The highest BCUT2D eigenvalue weighted by Gasteiger charge is 2.15. The number of nitrogens with zero attached hydrogens (tertiary/aromatic N) is 2. The van der Waals surface area contributed by atoms with Gasteiger partial charge >= 0.3 is 0 Å². The van der Waals surface area contributed by atoms with Crippen LogP contribution in [0.15, 0.2) is 0 Å². The summed E-state index contributed by atoms with van der Waals surface area (Å²) < 4.78 is 0. The van der Waals surface area contributed by atoms with Crippen molar-refractivity contribution in [2.75, 3.05) is 26.2 Å². The molecule has 1 aliphatic heterocycles. The Morgan fingerprint density at radius 3 is 2.73 bits per heavy atom. The lowest BCUT2D eigenvalue weighted by atomic mass is 10.2. The summed E-state index contributed by atoms with van der Waals surface area (Å²) in [5.41, 5.74) is 0. The third-order valence-electron chi connectivity index (χ3n) is 2.16. The molecule has 1 N–H and O–H groups in total. The van der Waals surface area contributed by atoms with Crippen LogP contribution in [0.4, 0.5) is 0 Å². The predicted octanol–water partition coefficient (Wildman–Crippen LogP) is 0.194. The Labute approximate surface area is 68.0 Å². The fraction of sp³-hybridized carbons (Fsp3) is 0.875. The minimum Gasteiger partial charge on any atom is -0.314 e. The van der Waals surface area contributed by atoms with Crippen LogP contribution in [-0.4, -0.2) is 37.1 Å². The number of hydrogen-bond donors (Lipinski definition) is 1. The largest absolute Gasteiger partial charge is 0.314 e. The molecule has 0 aromatic carbocycles. The second-order valence-corrected chi connectivity index (χ2v) is 3.00. The van der Waals surface area contributed by atoms with Crippen molar-refractivity contribution in [2.45, 2.75) is 19.4 Å². The van der Waals surface area contributed by atoms with Crippen LogP contribution in [0.25, 0.3) is 0 Å². The summed E-state index contributed by atoms with van der Waals surface area (Å²) in [6, 6.07) is 2.64. The molecule has 0 spiro atoms. The molecule has 1 fully saturated rings. The van der Waals surface area contributed by atoms with Gasteiger partial charge in [0.2, 0.25) is 0 Å². The average molecular weight is 153 g/mol. The number of nitrogens with one attached hydrogen (secondary N) is 1. The van der Waals surface area contributed by atoms with Gasteiger partial charge in [-0.05, 0) is 6.92 Å². The zero-order valence-corrected chi connectivity index (χ0v) is 7.01. The number of rotatable bonds is 2. The highest BCUT2D eigenvalue weighted by Crippen LogP contribution is 2.03. The van der Waals surface area contributed by atoms with Gasteiger partial charge in [0, 0.05) is 32.2 Å². The lowest BCUT2D eigenvalue weighted by Crippen LogP contribution is -2.47. The highest BCUT2D eigenvalue weighted by atomic mass is 15.2. The molecule has 1 atom stereocenters. The van der Waals surface area contributed by atoms with E-state index in [0.717, 1.165) is 26.2 Å². The molecule has 1 saturated heterocycles. The van der Waals surface area contributed by atoms with Crippen molar-refractivity contribution in [1.29, 1.82) is 5.26 Å². The van der Waals surface area contributed by atoms with E-state index in [1.165, 1.54) is 0 Å². The fourth-order valence-corrected chi connectivity index (χ4v) is 1.38. The molecule has 0 radical (unpaired) electrons. The van der Waals surface area contributed by atoms with Gasteiger partial charge in [0.15, 0.2) is 0 Å². The van der Waals surface area contributed by atoms with E-state index in [-0.39, 0.29) is 0 Å². The van der Waals surface area contributed by atoms with Crippen LogP contribution in [0, 0.1) is 11.3 Å². The molecule has 62 valence electrons. The van der Waals surface area contributed by atoms with Gasteiger partial charge in [-0.1, -0.05) is 0 Å². The molecule has 3 nitrogen and oxygen atoms in total. The quantitative estimate of drug-likeness (QED) is 0.615. The summed E-state index contributed by atoms with van der Waals surface area (Å²) in [4.78, 5) is 2.36. The van der Waals surface area contributed by atoms with Crippen LogP contribution < -0.4 is 5.32 Å². The monoisotopic (exact) mass is 153 g/mol. The summed E-state index contributed by atoms with van der Waals surface area (Å²) in [7, 11) is 0. The second-order valence-electron chi connectivity index (χ2n) is 3.00. The van der Waals surface area contributed by atoms with Crippen molar-refractivity contribution >= 4 is 0 Å². The van der Waals surface area contributed by atoms with Crippen LogP contribution in [0.2, 0.25) is 0 Å². The molecule has 11 heavy (non-hydrogen) atoms. The highest BCUT2D eigenvalue weighted by molar-refractivity contribution is 4.81. The topological polar surface area (TPSA) is 39.1 Å². The van der Waals surface area contributed by atoms with Crippen molar-refractivity contribution < 1.29 is 0 Å². The van der Waals surface area contributed by atoms with Gasteiger partial charge < -0.3 is 5.32 Å². The van der Waals surface area contributed by atoms with Crippen molar-refractivity contribution in [3.05, 3.63) is 0 Å². The molecule has 1 aliphatic rings. The van der Waals surface area contributed by atoms with Crippen LogP contribution in [0.3, 0.4) is 0 Å². The molecular weight excluding hydrogens is 138 g/mol. The molecule has 0 amide bonds. The minimum atomic E-state index is 0.432. The van der Waals surface area contributed by atoms with E-state index in [4.69, 9.17) is 5.26 Å². The molecule has 1 heterocycles. The summed E-state index contributed by atoms with van der Waals surface area (Å²) in [5.74, 6) is 0. The van der Waals surface area contributed by atoms with Crippen molar-refractivity contribution in [1.82, 2.24) is 10.2 Å². The molecule has 1 rings (SSSR count). The second kappa shape index (κ2) is 4.32. The Morgan fingerprint density at radius 1 is 1.55 bits per heavy atom. The SMILES string of the molecule is C[C@H](CC#N)N1CCNCC1. The lowest BCUT2D eigenvalue weighted by Gasteiger charge is -2.31. The summed E-state index contributed by atoms with van der Waals surface area (Å²) >= 11 is 0. The summed E-state index contributed by atoms with van der Waals surface area (Å²) in [6.45, 7) is 6.42. The smallest absolute Gasteiger partial charge is 0.0638 e. The summed E-state index contributed by atoms with van der Waals surface area (Å²) in [5, 5.41) is 11.8. The first-order valence-electron chi connectivity index (χ1n) is 4.16.